The van der Waals surface area contributed by atoms with Gasteiger partial charge < -0.3 is 78.5 Å². The summed E-state index contributed by atoms with van der Waals surface area (Å²) in [6.45, 7) is 5.62. The molecule has 2 bridgehead atoms. The van der Waals surface area contributed by atoms with Gasteiger partial charge >= 0.3 is 0 Å². The normalized spacial score (nSPS) is 21.4. The fraction of sp³-hybridized carbons (Fsp3) is 0.725. The molecule has 2 aromatic heterocycles. The Morgan fingerprint density at radius 3 is 2.09 bits per heavy atom. The summed E-state index contributed by atoms with van der Waals surface area (Å²) in [4.78, 5) is 129. The SMILES string of the molecule is CCCCCC(=O)NCCCOCCOCCOCCCNC(=O)[C@@H]1CCCCn2cc(nn2)C[C@H](N)C(=O)NC(CCC(N)=O)C(=O)NC(CCCCN)C(=O)NC(Cc2c[nH]cn2)C(=O)NCC(=O)N2CCCC2C(=O)N1. The summed E-state index contributed by atoms with van der Waals surface area (Å²) >= 11 is 0. The molecule has 4 rings (SSSR count). The number of imidazole rings is 1. The number of carbonyl (C=O) groups excluding carboxylic acids is 9. The Balaban J connectivity index is 1.40. The number of aryl methyl sites for hydroxylation is 1. The number of aromatic amines is 1. The maximum atomic E-state index is 14.1. The Bertz CT molecular complexity index is 2200. The van der Waals surface area contributed by atoms with Gasteiger partial charge in [-0.05, 0) is 83.6 Å². The number of H-pyrrole nitrogens is 1. The second-order valence-corrected chi connectivity index (χ2v) is 19.7. The number of hydrogen-bond acceptors (Lipinski definition) is 17. The van der Waals surface area contributed by atoms with Crippen LogP contribution in [0.25, 0.3) is 0 Å². The number of nitrogens with one attached hydrogen (secondary N) is 8. The minimum absolute atomic E-state index is 0.0683. The second-order valence-electron chi connectivity index (χ2n) is 19.7. The van der Waals surface area contributed by atoms with E-state index >= 15 is 0 Å². The molecule has 4 heterocycles. The first-order valence-electron chi connectivity index (χ1n) is 27.9. The van der Waals surface area contributed by atoms with Crippen molar-refractivity contribution >= 4 is 53.2 Å². The molecular formula is C51H86N16O12. The number of unbranched alkanes of at least 4 members (excludes halogenated alkanes) is 3. The van der Waals surface area contributed by atoms with Gasteiger partial charge in [-0.3, -0.25) is 47.8 Å². The molecule has 1 saturated heterocycles. The van der Waals surface area contributed by atoms with Crippen molar-refractivity contribution in [2.75, 3.05) is 72.4 Å². The van der Waals surface area contributed by atoms with E-state index in [0.717, 1.165) is 19.3 Å². The van der Waals surface area contributed by atoms with Gasteiger partial charge in [0.05, 0.1) is 56.7 Å². The summed E-state index contributed by atoms with van der Waals surface area (Å²) < 4.78 is 18.4. The number of nitrogens with zero attached hydrogens (tertiary/aromatic N) is 5. The maximum absolute atomic E-state index is 14.1. The quantitative estimate of drug-likeness (QED) is 0.0389. The molecule has 9 amide bonds. The summed E-state index contributed by atoms with van der Waals surface area (Å²) in [6, 6.07) is -7.03. The number of aromatic nitrogens is 5. The number of hydrogen-bond donors (Lipinski definition) is 11. The Kier molecular flexibility index (Phi) is 30.6. The molecule has 0 spiro atoms. The second kappa shape index (κ2) is 37.3. The highest BCUT2D eigenvalue weighted by Gasteiger charge is 2.37. The van der Waals surface area contributed by atoms with Gasteiger partial charge in [0, 0.05) is 77.5 Å². The number of fused-ring (bicyclic) bond motifs is 3. The molecule has 0 saturated carbocycles. The van der Waals surface area contributed by atoms with E-state index in [-0.39, 0.29) is 64.1 Å². The first kappa shape index (κ1) is 64.9. The van der Waals surface area contributed by atoms with E-state index in [0.29, 0.717) is 122 Å². The first-order valence-corrected chi connectivity index (χ1v) is 27.9. The van der Waals surface area contributed by atoms with Crippen LogP contribution in [0.3, 0.4) is 0 Å². The third-order valence-corrected chi connectivity index (χ3v) is 13.2. The number of ether oxygens (including phenoxy) is 3. The minimum atomic E-state index is -1.35. The van der Waals surface area contributed by atoms with Crippen molar-refractivity contribution in [3.05, 3.63) is 30.1 Å². The molecule has 79 heavy (non-hydrogen) atoms. The van der Waals surface area contributed by atoms with E-state index in [9.17, 15) is 43.2 Å². The Hall–Kier alpha value is -6.62. The van der Waals surface area contributed by atoms with E-state index in [1.165, 1.54) is 17.4 Å². The number of primary amides is 1. The molecule has 14 N–H and O–H groups in total. The molecule has 4 unspecified atom stereocenters. The number of amides is 9. The van der Waals surface area contributed by atoms with Crippen LogP contribution < -0.4 is 54.4 Å². The molecule has 0 aromatic carbocycles. The molecule has 28 heteroatoms. The fourth-order valence-electron chi connectivity index (χ4n) is 8.78. The van der Waals surface area contributed by atoms with E-state index < -0.39 is 90.1 Å². The van der Waals surface area contributed by atoms with Gasteiger partial charge in [-0.15, -0.1) is 5.10 Å². The van der Waals surface area contributed by atoms with Crippen LogP contribution in [0.4, 0.5) is 0 Å². The summed E-state index contributed by atoms with van der Waals surface area (Å²) in [5.41, 5.74) is 18.2. The van der Waals surface area contributed by atoms with Crippen molar-refractivity contribution in [3.8, 4) is 0 Å². The van der Waals surface area contributed by atoms with Crippen molar-refractivity contribution in [1.82, 2.24) is 67.1 Å². The molecule has 2 aliphatic rings. The van der Waals surface area contributed by atoms with Crippen LogP contribution >= 0.6 is 0 Å². The van der Waals surface area contributed by atoms with Crippen molar-refractivity contribution < 1.29 is 57.4 Å². The molecule has 0 aliphatic carbocycles. The predicted molar refractivity (Wildman–Crippen MR) is 286 cm³/mol. The van der Waals surface area contributed by atoms with Gasteiger partial charge in [-0.25, -0.2) is 4.98 Å². The number of rotatable bonds is 28. The lowest BCUT2D eigenvalue weighted by molar-refractivity contribution is -0.140. The van der Waals surface area contributed by atoms with Crippen LogP contribution in [0.5, 0.6) is 0 Å². The summed E-state index contributed by atoms with van der Waals surface area (Å²) in [5, 5.41) is 27.5. The van der Waals surface area contributed by atoms with Crippen molar-refractivity contribution in [1.29, 1.82) is 0 Å². The zero-order valence-electron chi connectivity index (χ0n) is 45.8. The molecular weight excluding hydrogens is 1030 g/mol. The highest BCUT2D eigenvalue weighted by Crippen LogP contribution is 2.19. The van der Waals surface area contributed by atoms with E-state index in [4.69, 9.17) is 31.4 Å². The third kappa shape index (κ3) is 25.4. The Morgan fingerprint density at radius 2 is 1.41 bits per heavy atom. The van der Waals surface area contributed by atoms with Gasteiger partial charge in [0.2, 0.25) is 53.2 Å². The average molecular weight is 1120 g/mol. The predicted octanol–water partition coefficient (Wildman–Crippen LogP) is -2.62. The van der Waals surface area contributed by atoms with E-state index in [1.807, 2.05) is 0 Å². The molecule has 2 aliphatic heterocycles. The van der Waals surface area contributed by atoms with Gasteiger partial charge in [0.25, 0.3) is 0 Å². The standard InChI is InChI=1S/C51H86N16O12/c1-2-3-4-15-44(69)56-19-10-23-77-25-27-79-28-26-78-24-11-20-57-47(72)38-13-6-8-21-66-33-36(64-65-66)29-37(53)46(71)60-40(16-17-43(54)68)50(75)61-39(12-5-7-18-52)49(74)63-41(30-35-31-55-34-59-35)48(73)58-32-45(70)67-22-9-14-42(67)51(76)62-38/h31,33-34,37-42H,2-30,32,52-53H2,1H3,(H2,54,68)(H,55,59)(H,56,69)(H,57,72)(H,58,73)(H,60,71)(H,61,75)(H,62,76)(H,63,74)/t37-,38-,39?,40?,41?,42?/m0/s1. The van der Waals surface area contributed by atoms with Crippen molar-refractivity contribution in [2.24, 2.45) is 17.2 Å². The molecule has 0 radical (unpaired) electrons. The van der Waals surface area contributed by atoms with Gasteiger partial charge in [0.1, 0.15) is 30.2 Å². The third-order valence-electron chi connectivity index (χ3n) is 13.2. The van der Waals surface area contributed by atoms with Crippen LogP contribution in [-0.2, 0) is 76.7 Å². The molecule has 2 aromatic rings. The van der Waals surface area contributed by atoms with Crippen LogP contribution in [0.2, 0.25) is 0 Å². The summed E-state index contributed by atoms with van der Waals surface area (Å²) in [5.74, 6) is -5.28. The topological polar surface area (TPSA) is 406 Å². The lowest BCUT2D eigenvalue weighted by atomic mass is 10.0. The molecule has 1 fully saturated rings. The number of carbonyl (C=O) groups is 9. The summed E-state index contributed by atoms with van der Waals surface area (Å²) in [6.07, 6.45) is 11.5. The van der Waals surface area contributed by atoms with Crippen LogP contribution in [-0.4, -0.2) is 192 Å². The Labute approximate surface area is 461 Å². The molecule has 442 valence electrons. The summed E-state index contributed by atoms with van der Waals surface area (Å²) in [7, 11) is 0. The van der Waals surface area contributed by atoms with Crippen LogP contribution in [0.1, 0.15) is 121 Å². The molecule has 6 atom stereocenters. The molecule has 28 nitrogen and oxygen atoms in total. The van der Waals surface area contributed by atoms with Gasteiger partial charge in [0.15, 0.2) is 0 Å². The zero-order valence-corrected chi connectivity index (χ0v) is 45.8. The fourth-order valence-corrected chi connectivity index (χ4v) is 8.78. The van der Waals surface area contributed by atoms with Crippen LogP contribution in [0, 0.1) is 0 Å². The van der Waals surface area contributed by atoms with Crippen LogP contribution in [0.15, 0.2) is 18.7 Å². The lowest BCUT2D eigenvalue weighted by Gasteiger charge is -2.27. The van der Waals surface area contributed by atoms with Crippen molar-refractivity contribution in [3.63, 3.8) is 0 Å². The average Bonchev–Trinajstić information content (AvgIpc) is 4.24. The zero-order chi connectivity index (χ0) is 57.2. The smallest absolute Gasteiger partial charge is 0.243 e. The Morgan fingerprint density at radius 1 is 0.722 bits per heavy atom. The highest BCUT2D eigenvalue weighted by molar-refractivity contribution is 5.97. The lowest BCUT2D eigenvalue weighted by Crippen LogP contribution is -2.58. The first-order chi connectivity index (χ1) is 38.2. The minimum Gasteiger partial charge on any atom is -0.379 e. The van der Waals surface area contributed by atoms with E-state index in [1.54, 1.807) is 10.9 Å². The van der Waals surface area contributed by atoms with Crippen molar-refractivity contribution in [2.45, 2.75) is 165 Å². The van der Waals surface area contributed by atoms with E-state index in [2.05, 4.69) is 64.4 Å². The highest BCUT2D eigenvalue weighted by atomic mass is 16.5. The van der Waals surface area contributed by atoms with Gasteiger partial charge in [-0.2, -0.15) is 0 Å². The largest absolute Gasteiger partial charge is 0.379 e. The maximum Gasteiger partial charge on any atom is 0.243 e. The van der Waals surface area contributed by atoms with Gasteiger partial charge in [-0.1, -0.05) is 25.0 Å². The number of nitrogens with two attached hydrogens (primary N) is 3. The monoisotopic (exact) mass is 1110 g/mol.